The maximum absolute atomic E-state index is 4.29. The molecule has 0 atom stereocenters. The summed E-state index contributed by atoms with van der Waals surface area (Å²) in [5.41, 5.74) is 4.82. The van der Waals surface area contributed by atoms with Gasteiger partial charge in [-0.1, -0.05) is 54.1 Å². The van der Waals surface area contributed by atoms with Gasteiger partial charge in [-0.3, -0.25) is 4.99 Å². The number of aryl methyl sites for hydroxylation is 1. The number of hydrogen-bond donors (Lipinski definition) is 1. The Hall–Kier alpha value is -2.09. The maximum Gasteiger partial charge on any atom is 0.128 e. The first-order valence-corrected chi connectivity index (χ1v) is 6.07. The van der Waals surface area contributed by atoms with Crippen LogP contribution in [0.1, 0.15) is 11.1 Å². The summed E-state index contributed by atoms with van der Waals surface area (Å²) in [4.78, 5) is 4.29. The van der Waals surface area contributed by atoms with Crippen LogP contribution < -0.4 is 5.32 Å². The van der Waals surface area contributed by atoms with Crippen molar-refractivity contribution in [2.75, 3.05) is 14.1 Å². The topological polar surface area (TPSA) is 24.4 Å². The Morgan fingerprint density at radius 2 is 1.67 bits per heavy atom. The van der Waals surface area contributed by atoms with Gasteiger partial charge in [-0.25, -0.2) is 0 Å². The lowest BCUT2D eigenvalue weighted by Crippen LogP contribution is -2.20. The molecule has 92 valence electrons. The number of aliphatic imine (C=N–C) groups is 1. The van der Waals surface area contributed by atoms with Gasteiger partial charge in [0.25, 0.3) is 0 Å². The molecule has 2 aromatic carbocycles. The monoisotopic (exact) mass is 238 g/mol. The highest BCUT2D eigenvalue weighted by molar-refractivity contribution is 6.04. The smallest absolute Gasteiger partial charge is 0.128 e. The number of rotatable bonds is 2. The molecule has 2 rings (SSSR count). The van der Waals surface area contributed by atoms with E-state index in [1.54, 1.807) is 7.05 Å². The van der Waals surface area contributed by atoms with Crippen LogP contribution in [-0.4, -0.2) is 19.9 Å². The number of hydrogen-bond acceptors (Lipinski definition) is 1. The van der Waals surface area contributed by atoms with Crippen molar-refractivity contribution in [3.05, 3.63) is 59.7 Å². The molecule has 2 nitrogen and oxygen atoms in total. The molecule has 18 heavy (non-hydrogen) atoms. The minimum absolute atomic E-state index is 0.908. The second-order valence-corrected chi connectivity index (χ2v) is 4.23. The number of benzene rings is 2. The standard InChI is InChI=1S/C16H18N2/c1-12-8-10-13(11-9-12)14-6-4-5-7-15(14)16(17-2)18-3/h4-11H,1-3H3,(H,17,18). The minimum atomic E-state index is 0.908. The van der Waals surface area contributed by atoms with Crippen molar-refractivity contribution in [3.63, 3.8) is 0 Å². The van der Waals surface area contributed by atoms with Gasteiger partial charge in [0.05, 0.1) is 0 Å². The van der Waals surface area contributed by atoms with Gasteiger partial charge in [0.1, 0.15) is 5.84 Å². The zero-order chi connectivity index (χ0) is 13.0. The first-order valence-electron chi connectivity index (χ1n) is 6.07. The van der Waals surface area contributed by atoms with Gasteiger partial charge in [-0.2, -0.15) is 0 Å². The van der Waals surface area contributed by atoms with Gasteiger partial charge < -0.3 is 5.32 Å². The summed E-state index contributed by atoms with van der Waals surface area (Å²) in [6, 6.07) is 16.9. The van der Waals surface area contributed by atoms with Gasteiger partial charge in [-0.15, -0.1) is 0 Å². The lowest BCUT2D eigenvalue weighted by molar-refractivity contribution is 1.15. The Kier molecular flexibility index (Phi) is 3.78. The summed E-state index contributed by atoms with van der Waals surface area (Å²) in [6.45, 7) is 2.10. The third kappa shape index (κ3) is 2.43. The van der Waals surface area contributed by atoms with Crippen molar-refractivity contribution in [1.82, 2.24) is 5.32 Å². The van der Waals surface area contributed by atoms with E-state index in [1.165, 1.54) is 16.7 Å². The summed E-state index contributed by atoms with van der Waals surface area (Å²) in [5, 5.41) is 3.14. The Morgan fingerprint density at radius 1 is 1.00 bits per heavy atom. The van der Waals surface area contributed by atoms with E-state index < -0.39 is 0 Å². The van der Waals surface area contributed by atoms with Crippen molar-refractivity contribution < 1.29 is 0 Å². The van der Waals surface area contributed by atoms with Crippen LogP contribution in [-0.2, 0) is 0 Å². The second-order valence-electron chi connectivity index (χ2n) is 4.23. The SMILES string of the molecule is CN=C(NC)c1ccccc1-c1ccc(C)cc1. The fourth-order valence-corrected chi connectivity index (χ4v) is 2.04. The Balaban J connectivity index is 2.54. The normalized spacial score (nSPS) is 11.4. The zero-order valence-corrected chi connectivity index (χ0v) is 11.1. The average Bonchev–Trinajstić information content (AvgIpc) is 2.42. The van der Waals surface area contributed by atoms with E-state index in [0.717, 1.165) is 11.4 Å². The van der Waals surface area contributed by atoms with Gasteiger partial charge >= 0.3 is 0 Å². The summed E-state index contributed by atoms with van der Waals surface area (Å²) < 4.78 is 0. The molecule has 2 heteroatoms. The molecule has 0 bridgehead atoms. The largest absolute Gasteiger partial charge is 0.373 e. The molecule has 0 aromatic heterocycles. The summed E-state index contributed by atoms with van der Waals surface area (Å²) in [5.74, 6) is 0.908. The third-order valence-corrected chi connectivity index (χ3v) is 3.01. The van der Waals surface area contributed by atoms with Crippen LogP contribution in [0.25, 0.3) is 11.1 Å². The molecule has 0 saturated carbocycles. The van der Waals surface area contributed by atoms with E-state index in [-0.39, 0.29) is 0 Å². The van der Waals surface area contributed by atoms with E-state index in [9.17, 15) is 0 Å². The highest BCUT2D eigenvalue weighted by Gasteiger charge is 2.08. The number of nitrogens with one attached hydrogen (secondary N) is 1. The molecule has 0 fully saturated rings. The Labute approximate surface area is 108 Å². The van der Waals surface area contributed by atoms with E-state index >= 15 is 0 Å². The summed E-state index contributed by atoms with van der Waals surface area (Å²) >= 11 is 0. The lowest BCUT2D eigenvalue weighted by atomic mass is 9.98. The van der Waals surface area contributed by atoms with Crippen molar-refractivity contribution in [3.8, 4) is 11.1 Å². The van der Waals surface area contributed by atoms with E-state index in [4.69, 9.17) is 0 Å². The van der Waals surface area contributed by atoms with Crippen LogP contribution in [0.5, 0.6) is 0 Å². The van der Waals surface area contributed by atoms with E-state index in [1.807, 2.05) is 13.1 Å². The van der Waals surface area contributed by atoms with Gasteiger partial charge in [0, 0.05) is 19.7 Å². The molecule has 0 aliphatic rings. The summed E-state index contributed by atoms with van der Waals surface area (Å²) in [6.07, 6.45) is 0. The molecule has 2 aromatic rings. The number of amidine groups is 1. The predicted octanol–water partition coefficient (Wildman–Crippen LogP) is 3.26. The molecule has 0 heterocycles. The van der Waals surface area contributed by atoms with Crippen LogP contribution in [0.4, 0.5) is 0 Å². The van der Waals surface area contributed by atoms with Crippen molar-refractivity contribution in [1.29, 1.82) is 0 Å². The molecule has 0 radical (unpaired) electrons. The fraction of sp³-hybridized carbons (Fsp3) is 0.188. The molecule has 1 N–H and O–H groups in total. The molecule has 0 aliphatic carbocycles. The Bertz CT molecular complexity index is 554. The lowest BCUT2D eigenvalue weighted by Gasteiger charge is -2.11. The molecule has 0 saturated heterocycles. The molecular weight excluding hydrogens is 220 g/mol. The van der Waals surface area contributed by atoms with Crippen LogP contribution in [0, 0.1) is 6.92 Å². The zero-order valence-electron chi connectivity index (χ0n) is 11.1. The highest BCUT2D eigenvalue weighted by atomic mass is 14.9. The third-order valence-electron chi connectivity index (χ3n) is 3.01. The second kappa shape index (κ2) is 5.50. The van der Waals surface area contributed by atoms with Crippen molar-refractivity contribution in [2.45, 2.75) is 6.92 Å². The quantitative estimate of drug-likeness (QED) is 0.630. The molecule has 0 amide bonds. The molecule has 0 unspecified atom stereocenters. The first kappa shape index (κ1) is 12.4. The average molecular weight is 238 g/mol. The van der Waals surface area contributed by atoms with E-state index in [2.05, 4.69) is 59.7 Å². The Morgan fingerprint density at radius 3 is 2.28 bits per heavy atom. The van der Waals surface area contributed by atoms with Crippen molar-refractivity contribution in [2.24, 2.45) is 4.99 Å². The van der Waals surface area contributed by atoms with Gasteiger partial charge in [0.2, 0.25) is 0 Å². The van der Waals surface area contributed by atoms with E-state index in [0.29, 0.717) is 0 Å². The van der Waals surface area contributed by atoms with Crippen molar-refractivity contribution >= 4 is 5.84 Å². The first-order chi connectivity index (χ1) is 8.76. The number of nitrogens with zero attached hydrogens (tertiary/aromatic N) is 1. The van der Waals surface area contributed by atoms with Gasteiger partial charge in [-0.05, 0) is 18.1 Å². The molecule has 0 aliphatic heterocycles. The molecular formula is C16H18N2. The highest BCUT2D eigenvalue weighted by Crippen LogP contribution is 2.24. The minimum Gasteiger partial charge on any atom is -0.373 e. The van der Waals surface area contributed by atoms with Crippen LogP contribution >= 0.6 is 0 Å². The van der Waals surface area contributed by atoms with Crippen LogP contribution in [0.15, 0.2) is 53.5 Å². The summed E-state index contributed by atoms with van der Waals surface area (Å²) in [7, 11) is 3.70. The van der Waals surface area contributed by atoms with Crippen LogP contribution in [0.2, 0.25) is 0 Å². The predicted molar refractivity (Wildman–Crippen MR) is 78.1 cm³/mol. The fourth-order valence-electron chi connectivity index (χ4n) is 2.04. The molecule has 0 spiro atoms. The maximum atomic E-state index is 4.29. The van der Waals surface area contributed by atoms with Crippen LogP contribution in [0.3, 0.4) is 0 Å². The van der Waals surface area contributed by atoms with Gasteiger partial charge in [0.15, 0.2) is 0 Å².